The standard InChI is InChI=1S/C5H3N4O9P3S/c10-2-5(22)1(6-3(11)9(5)21(17)18)7(19(13)14)4(12)8(2)20(15)16/h1,22H,(H,6,11). The van der Waals surface area contributed by atoms with E-state index in [9.17, 15) is 42.8 Å². The van der Waals surface area contributed by atoms with Crippen LogP contribution >= 0.6 is 37.2 Å². The summed E-state index contributed by atoms with van der Waals surface area (Å²) in [6.45, 7) is 0. The second-order valence-corrected chi connectivity index (χ2v) is 7.19. The lowest BCUT2D eigenvalue weighted by Crippen LogP contribution is -2.69. The van der Waals surface area contributed by atoms with Crippen LogP contribution in [0.2, 0.25) is 0 Å². The molecule has 0 aromatic carbocycles. The maximum absolute atomic E-state index is 12.1. The molecule has 2 aliphatic rings. The maximum Gasteiger partial charge on any atom is 0.452 e. The molecule has 0 radical (unpaired) electrons. The van der Waals surface area contributed by atoms with Crippen LogP contribution in [0.3, 0.4) is 0 Å². The molecule has 0 aromatic heterocycles. The van der Waals surface area contributed by atoms with Crippen molar-refractivity contribution in [2.75, 3.05) is 0 Å². The van der Waals surface area contributed by atoms with Gasteiger partial charge < -0.3 is 20.0 Å². The number of rotatable bonds is 3. The molecule has 22 heavy (non-hydrogen) atoms. The molecule has 2 fully saturated rings. The molecule has 118 valence electrons. The van der Waals surface area contributed by atoms with Crippen LogP contribution in [-0.2, 0) is 18.5 Å². The van der Waals surface area contributed by atoms with Gasteiger partial charge in [-0.05, 0) is 18.4 Å². The number of hydrogen-bond acceptors (Lipinski definition) is 10. The summed E-state index contributed by atoms with van der Waals surface area (Å²) in [5.41, 5.74) is 0. The van der Waals surface area contributed by atoms with Gasteiger partial charge in [-0.25, -0.2) is 9.59 Å². The van der Waals surface area contributed by atoms with E-state index in [1.165, 1.54) is 0 Å². The molecule has 5 amide bonds. The smallest absolute Gasteiger partial charge is 0.452 e. The van der Waals surface area contributed by atoms with Gasteiger partial charge in [0.25, 0.3) is 4.87 Å². The van der Waals surface area contributed by atoms with E-state index in [-0.39, 0.29) is 9.34 Å². The summed E-state index contributed by atoms with van der Waals surface area (Å²) in [6.07, 6.45) is -2.02. The van der Waals surface area contributed by atoms with Crippen LogP contribution < -0.4 is 20.0 Å². The zero-order valence-electron chi connectivity index (χ0n) is 9.88. The zero-order chi connectivity index (χ0) is 17.0. The lowest BCUT2D eigenvalue weighted by atomic mass is 10.2. The molecule has 17 heteroatoms. The average molecular weight is 388 g/mol. The number of carbonyl (C=O) groups is 3. The highest BCUT2D eigenvalue weighted by molar-refractivity contribution is 7.83. The van der Waals surface area contributed by atoms with E-state index in [2.05, 4.69) is 12.6 Å². The summed E-state index contributed by atoms with van der Waals surface area (Å²) >= 11 is 3.68. The maximum atomic E-state index is 12.1. The number of carbonyl (C=O) groups excluding carboxylic acids is 3. The Kier molecular flexibility index (Phi) is 4.22. The predicted octanol–water partition coefficient (Wildman–Crippen LogP) is -2.72. The Bertz CT molecular complexity index is 657. The van der Waals surface area contributed by atoms with Gasteiger partial charge in [-0.2, -0.15) is 0 Å². The molecule has 5 unspecified atom stereocenters. The van der Waals surface area contributed by atoms with Gasteiger partial charge in [0.1, 0.15) is 0 Å². The second-order valence-electron chi connectivity index (χ2n) is 3.85. The van der Waals surface area contributed by atoms with Crippen LogP contribution in [-0.4, -0.2) is 43.0 Å². The van der Waals surface area contributed by atoms with E-state index in [0.29, 0.717) is 0 Å². The Labute approximate surface area is 129 Å². The normalized spacial score (nSPS) is 30.2. The van der Waals surface area contributed by atoms with Crippen molar-refractivity contribution >= 4 is 55.1 Å². The van der Waals surface area contributed by atoms with Crippen molar-refractivity contribution in [1.29, 1.82) is 0 Å². The van der Waals surface area contributed by atoms with Gasteiger partial charge in [0.05, 0.1) is 0 Å². The van der Waals surface area contributed by atoms with E-state index in [1.807, 2.05) is 0 Å². The Morgan fingerprint density at radius 1 is 1.05 bits per heavy atom. The molecule has 0 aromatic rings. The van der Waals surface area contributed by atoms with E-state index in [4.69, 9.17) is 0 Å². The molecule has 13 nitrogen and oxygen atoms in total. The third-order valence-corrected chi connectivity index (χ3v) is 5.84. The van der Waals surface area contributed by atoms with Gasteiger partial charge in [-0.1, -0.05) is 9.34 Å². The van der Waals surface area contributed by atoms with Gasteiger partial charge in [0.2, 0.25) is 0 Å². The van der Waals surface area contributed by atoms with Crippen LogP contribution in [0.15, 0.2) is 0 Å². The number of thiol groups is 1. The number of nitrogens with one attached hydrogen (secondary N) is 1. The minimum Gasteiger partial charge on any atom is -0.573 e. The Morgan fingerprint density at radius 3 is 2.00 bits per heavy atom. The Balaban J connectivity index is 2.69. The van der Waals surface area contributed by atoms with Crippen LogP contribution in [0.5, 0.6) is 0 Å². The molecule has 2 heterocycles. The number of hydrogen-bond donors (Lipinski definition) is 2. The van der Waals surface area contributed by atoms with Crippen molar-refractivity contribution in [2.45, 2.75) is 11.0 Å². The first-order chi connectivity index (χ1) is 10.0. The molecular formula is C5H3N4O9P3S. The average Bonchev–Trinajstić information content (AvgIpc) is 2.61. The second kappa shape index (κ2) is 5.43. The summed E-state index contributed by atoms with van der Waals surface area (Å²) in [4.78, 5) is 66.1. The van der Waals surface area contributed by atoms with Gasteiger partial charge in [-0.15, -0.1) is 12.6 Å². The van der Waals surface area contributed by atoms with Crippen molar-refractivity contribution < 1.29 is 42.8 Å². The molecule has 2 saturated heterocycles. The fourth-order valence-electron chi connectivity index (χ4n) is 1.95. The minimum atomic E-state index is -3.94. The van der Waals surface area contributed by atoms with Gasteiger partial charge in [0.15, 0.2) is 6.17 Å². The van der Waals surface area contributed by atoms with E-state index < -0.39 is 58.2 Å². The number of nitrogens with zero attached hydrogens (tertiary/aromatic N) is 3. The number of imide groups is 1. The largest absolute Gasteiger partial charge is 0.573 e. The van der Waals surface area contributed by atoms with Crippen molar-refractivity contribution in [3.8, 4) is 0 Å². The van der Waals surface area contributed by atoms with Crippen LogP contribution in [0.1, 0.15) is 0 Å². The summed E-state index contributed by atoms with van der Waals surface area (Å²) in [5.74, 6) is -1.70. The first-order valence-electron chi connectivity index (χ1n) is 4.99. The molecule has 0 saturated carbocycles. The van der Waals surface area contributed by atoms with E-state index in [1.54, 1.807) is 5.32 Å². The summed E-state index contributed by atoms with van der Waals surface area (Å²) in [7, 11) is -11.5. The summed E-state index contributed by atoms with van der Waals surface area (Å²) in [6, 6.07) is -3.22. The van der Waals surface area contributed by atoms with Gasteiger partial charge in [0, 0.05) is 0 Å². The molecule has 2 aliphatic heterocycles. The van der Waals surface area contributed by atoms with E-state index >= 15 is 0 Å². The van der Waals surface area contributed by atoms with Crippen LogP contribution in [0.25, 0.3) is 0 Å². The number of fused-ring (bicyclic) bond motifs is 1. The summed E-state index contributed by atoms with van der Waals surface area (Å²) in [5, 5.41) is 1.78. The molecule has 0 spiro atoms. The van der Waals surface area contributed by atoms with Crippen molar-refractivity contribution in [1.82, 2.24) is 19.3 Å². The molecule has 2 rings (SSSR count). The van der Waals surface area contributed by atoms with Crippen molar-refractivity contribution in [3.63, 3.8) is 0 Å². The first kappa shape index (κ1) is 17.1. The molecule has 0 bridgehead atoms. The molecular weight excluding hydrogens is 385 g/mol. The summed E-state index contributed by atoms with van der Waals surface area (Å²) < 4.78 is 32.5. The SMILES string of the molecule is O=C1N([P+](=O)[O-])C(=O)C2(S)C(NC(=O)N2[P+](=O)[O-])N1[P+](=O)[O-]. The number of urea groups is 2. The van der Waals surface area contributed by atoms with Crippen LogP contribution in [0, 0.1) is 0 Å². The topological polar surface area (TPSA) is 193 Å². The molecule has 5 atom stereocenters. The van der Waals surface area contributed by atoms with Crippen LogP contribution in [0.4, 0.5) is 9.59 Å². The highest BCUT2D eigenvalue weighted by Crippen LogP contribution is 2.49. The third kappa shape index (κ3) is 2.12. The number of amides is 5. The van der Waals surface area contributed by atoms with Crippen molar-refractivity contribution in [3.05, 3.63) is 0 Å². The monoisotopic (exact) mass is 388 g/mol. The lowest BCUT2D eigenvalue weighted by Gasteiger charge is -2.36. The highest BCUT2D eigenvalue weighted by Gasteiger charge is 2.75. The zero-order valence-corrected chi connectivity index (χ0v) is 13.5. The molecule has 1 N–H and O–H groups in total. The highest BCUT2D eigenvalue weighted by atomic mass is 32.1. The first-order valence-corrected chi connectivity index (χ1v) is 8.82. The Morgan fingerprint density at radius 2 is 1.59 bits per heavy atom. The predicted molar refractivity (Wildman–Crippen MR) is 62.8 cm³/mol. The lowest BCUT2D eigenvalue weighted by molar-refractivity contribution is -0.186. The van der Waals surface area contributed by atoms with Gasteiger partial charge >= 0.3 is 42.5 Å². The van der Waals surface area contributed by atoms with E-state index in [0.717, 1.165) is 0 Å². The molecule has 0 aliphatic carbocycles. The third-order valence-electron chi connectivity index (χ3n) is 2.79. The fourth-order valence-corrected chi connectivity index (χ4v) is 4.61. The quantitative estimate of drug-likeness (QED) is 0.381. The minimum absolute atomic E-state index is 0.164. The van der Waals surface area contributed by atoms with Gasteiger partial charge in [-0.3, -0.25) is 4.79 Å². The Hall–Kier alpha value is -1.26. The van der Waals surface area contributed by atoms with Crippen molar-refractivity contribution in [2.24, 2.45) is 0 Å². The fraction of sp³-hybridized carbons (Fsp3) is 0.400.